The van der Waals surface area contributed by atoms with Gasteiger partial charge in [-0.25, -0.2) is 0 Å². The highest BCUT2D eigenvalue weighted by molar-refractivity contribution is 9.12. The molecule has 1 aromatic heterocycles. The van der Waals surface area contributed by atoms with Gasteiger partial charge in [0.05, 0.1) is 13.7 Å². The van der Waals surface area contributed by atoms with E-state index in [-0.39, 0.29) is 5.92 Å². The molecule has 2 nitrogen and oxygen atoms in total. The van der Waals surface area contributed by atoms with Gasteiger partial charge in [-0.3, -0.25) is 0 Å². The van der Waals surface area contributed by atoms with Crippen LogP contribution in [0.25, 0.3) is 0 Å². The molecule has 0 amide bonds. The van der Waals surface area contributed by atoms with E-state index in [0.717, 1.165) is 18.7 Å². The topological polar surface area (TPSA) is 46.2 Å². The van der Waals surface area contributed by atoms with E-state index < -0.39 is 6.10 Å². The van der Waals surface area contributed by atoms with Crippen LogP contribution in [0.5, 0.6) is 0 Å². The summed E-state index contributed by atoms with van der Waals surface area (Å²) in [5, 5.41) is 10.7. The first-order chi connectivity index (χ1) is 9.93. The Morgan fingerprint density at radius 1 is 1.14 bits per heavy atom. The second kappa shape index (κ2) is 7.38. The van der Waals surface area contributed by atoms with Crippen LogP contribution in [0.15, 0.2) is 37.9 Å². The van der Waals surface area contributed by atoms with E-state index in [4.69, 9.17) is 5.73 Å². The molecule has 2 rings (SSSR count). The number of hydrogen-bond acceptors (Lipinski definition) is 3. The molecular formula is C16H19Br2NOS. The van der Waals surface area contributed by atoms with E-state index in [1.54, 1.807) is 11.3 Å². The van der Waals surface area contributed by atoms with Crippen LogP contribution in [0.4, 0.5) is 0 Å². The van der Waals surface area contributed by atoms with Crippen LogP contribution in [0.1, 0.15) is 48.5 Å². The van der Waals surface area contributed by atoms with Crippen LogP contribution < -0.4 is 5.73 Å². The molecule has 21 heavy (non-hydrogen) atoms. The van der Waals surface area contributed by atoms with Crippen LogP contribution in [0, 0.1) is 0 Å². The Bertz CT molecular complexity index is 595. The number of aliphatic hydroxyl groups excluding tert-OH is 1. The molecule has 0 bridgehead atoms. The van der Waals surface area contributed by atoms with Crippen molar-refractivity contribution in [2.45, 2.75) is 31.8 Å². The molecule has 0 aliphatic carbocycles. The minimum atomic E-state index is -0.614. The molecule has 0 saturated carbocycles. The van der Waals surface area contributed by atoms with Gasteiger partial charge in [-0.15, -0.1) is 11.3 Å². The summed E-state index contributed by atoms with van der Waals surface area (Å²) < 4.78 is 1.94. The average molecular weight is 433 g/mol. The molecule has 2 atom stereocenters. The van der Waals surface area contributed by atoms with Gasteiger partial charge in [-0.1, -0.05) is 38.1 Å². The van der Waals surface area contributed by atoms with E-state index in [9.17, 15) is 5.11 Å². The zero-order valence-electron chi connectivity index (χ0n) is 12.0. The molecule has 2 unspecified atom stereocenters. The van der Waals surface area contributed by atoms with E-state index >= 15 is 0 Å². The molecule has 0 aliphatic heterocycles. The lowest BCUT2D eigenvalue weighted by molar-refractivity contribution is 0.147. The maximum Gasteiger partial charge on any atom is 0.0890 e. The lowest BCUT2D eigenvalue weighted by Crippen LogP contribution is -2.20. The van der Waals surface area contributed by atoms with Crippen LogP contribution >= 0.6 is 43.2 Å². The van der Waals surface area contributed by atoms with Crippen LogP contribution in [0.3, 0.4) is 0 Å². The fourth-order valence-electron chi connectivity index (χ4n) is 2.35. The Morgan fingerprint density at radius 3 is 2.14 bits per heavy atom. The summed E-state index contributed by atoms with van der Waals surface area (Å²) in [4.78, 5) is 0. The molecule has 0 aliphatic rings. The number of halogens is 2. The number of nitrogens with two attached hydrogens (primary N) is 1. The predicted molar refractivity (Wildman–Crippen MR) is 97.0 cm³/mol. The van der Waals surface area contributed by atoms with E-state index in [0.29, 0.717) is 12.5 Å². The highest BCUT2D eigenvalue weighted by Crippen LogP contribution is 2.40. The fraction of sp³-hybridized carbons (Fsp3) is 0.375. The number of thiophene rings is 1. The molecule has 1 aromatic carbocycles. The van der Waals surface area contributed by atoms with Gasteiger partial charge < -0.3 is 10.8 Å². The normalized spacial score (nSPS) is 14.4. The van der Waals surface area contributed by atoms with Crippen molar-refractivity contribution in [3.63, 3.8) is 0 Å². The standard InChI is InChI=1S/C16H19Br2NOS/c1-9(2)10-3-5-11(6-4-10)13(8-19)15(20)12-7-14(17)21-16(12)18/h3-7,9,13,15,20H,8,19H2,1-2H3. The maximum absolute atomic E-state index is 10.7. The van der Waals surface area contributed by atoms with Gasteiger partial charge in [0.15, 0.2) is 0 Å². The largest absolute Gasteiger partial charge is 0.388 e. The molecule has 3 N–H and O–H groups in total. The van der Waals surface area contributed by atoms with Gasteiger partial charge in [0, 0.05) is 18.0 Å². The molecule has 1 heterocycles. The molecule has 114 valence electrons. The second-order valence-electron chi connectivity index (χ2n) is 5.39. The van der Waals surface area contributed by atoms with Crippen LogP contribution in [-0.2, 0) is 0 Å². The van der Waals surface area contributed by atoms with Gasteiger partial charge in [-0.2, -0.15) is 0 Å². The summed E-state index contributed by atoms with van der Waals surface area (Å²) in [5.74, 6) is 0.395. The van der Waals surface area contributed by atoms with Crippen molar-refractivity contribution >= 4 is 43.2 Å². The Balaban J connectivity index is 2.28. The second-order valence-corrected chi connectivity index (χ2v) is 9.14. The number of rotatable bonds is 5. The van der Waals surface area contributed by atoms with E-state index in [1.165, 1.54) is 5.56 Å². The molecular weight excluding hydrogens is 414 g/mol. The Labute approximate surface area is 146 Å². The van der Waals surface area contributed by atoms with Crippen molar-refractivity contribution in [1.29, 1.82) is 0 Å². The summed E-state index contributed by atoms with van der Waals surface area (Å²) in [6.07, 6.45) is -0.614. The van der Waals surface area contributed by atoms with Crippen molar-refractivity contribution in [2.75, 3.05) is 6.54 Å². The van der Waals surface area contributed by atoms with Gasteiger partial charge in [0.25, 0.3) is 0 Å². The third kappa shape index (κ3) is 3.96. The van der Waals surface area contributed by atoms with Crippen LogP contribution in [-0.4, -0.2) is 11.7 Å². The zero-order valence-corrected chi connectivity index (χ0v) is 16.0. The van der Waals surface area contributed by atoms with Gasteiger partial charge in [0.2, 0.25) is 0 Å². The molecule has 0 fully saturated rings. The minimum absolute atomic E-state index is 0.107. The molecule has 0 radical (unpaired) electrons. The smallest absolute Gasteiger partial charge is 0.0890 e. The third-order valence-electron chi connectivity index (χ3n) is 3.67. The van der Waals surface area contributed by atoms with Gasteiger partial charge in [-0.05, 0) is 55.0 Å². The predicted octanol–water partition coefficient (Wildman–Crippen LogP) is 5.17. The molecule has 0 spiro atoms. The first kappa shape index (κ1) is 17.2. The van der Waals surface area contributed by atoms with Crippen molar-refractivity contribution in [3.05, 3.63) is 54.6 Å². The van der Waals surface area contributed by atoms with Gasteiger partial charge >= 0.3 is 0 Å². The van der Waals surface area contributed by atoms with Crippen molar-refractivity contribution in [1.82, 2.24) is 0 Å². The van der Waals surface area contributed by atoms with E-state index in [1.807, 2.05) is 6.07 Å². The number of benzene rings is 1. The fourth-order valence-corrected chi connectivity index (χ4v) is 5.26. The third-order valence-corrected chi connectivity index (χ3v) is 6.05. The Morgan fingerprint density at radius 2 is 1.71 bits per heavy atom. The number of aliphatic hydroxyl groups is 1. The SMILES string of the molecule is CC(C)c1ccc(C(CN)C(O)c2cc(Br)sc2Br)cc1. The summed E-state index contributed by atoms with van der Waals surface area (Å²) in [6, 6.07) is 10.3. The minimum Gasteiger partial charge on any atom is -0.388 e. The molecule has 2 aromatic rings. The number of hydrogen-bond donors (Lipinski definition) is 2. The first-order valence-corrected chi connectivity index (χ1v) is 9.27. The Kier molecular flexibility index (Phi) is 6.03. The van der Waals surface area contributed by atoms with Crippen molar-refractivity contribution in [3.8, 4) is 0 Å². The van der Waals surface area contributed by atoms with Gasteiger partial charge in [0.1, 0.15) is 0 Å². The molecule has 0 saturated heterocycles. The quantitative estimate of drug-likeness (QED) is 0.684. The summed E-state index contributed by atoms with van der Waals surface area (Å²) in [5.41, 5.74) is 9.17. The van der Waals surface area contributed by atoms with Crippen LogP contribution in [0.2, 0.25) is 0 Å². The maximum atomic E-state index is 10.7. The zero-order chi connectivity index (χ0) is 15.6. The summed E-state index contributed by atoms with van der Waals surface area (Å²) in [7, 11) is 0. The molecule has 5 heteroatoms. The van der Waals surface area contributed by atoms with Crippen molar-refractivity contribution < 1.29 is 5.11 Å². The highest BCUT2D eigenvalue weighted by Gasteiger charge is 2.24. The Hall–Kier alpha value is -0.200. The van der Waals surface area contributed by atoms with E-state index in [2.05, 4.69) is 70.0 Å². The first-order valence-electron chi connectivity index (χ1n) is 6.86. The lowest BCUT2D eigenvalue weighted by Gasteiger charge is -2.22. The average Bonchev–Trinajstić information content (AvgIpc) is 2.79. The highest BCUT2D eigenvalue weighted by atomic mass is 79.9. The monoisotopic (exact) mass is 431 g/mol. The summed E-state index contributed by atoms with van der Waals surface area (Å²) in [6.45, 7) is 4.75. The lowest BCUT2D eigenvalue weighted by atomic mass is 9.89. The van der Waals surface area contributed by atoms with Crippen molar-refractivity contribution in [2.24, 2.45) is 5.73 Å². The summed E-state index contributed by atoms with van der Waals surface area (Å²) >= 11 is 8.52.